The highest BCUT2D eigenvalue weighted by Crippen LogP contribution is 2.39. The number of aliphatic hydroxyl groups excluding tert-OH is 1. The van der Waals surface area contributed by atoms with Crippen LogP contribution in [0.1, 0.15) is 46.5 Å². The smallest absolute Gasteiger partial charge is 0.416 e. The Hall–Kier alpha value is -4.53. The van der Waals surface area contributed by atoms with Gasteiger partial charge in [0.05, 0.1) is 41.4 Å². The van der Waals surface area contributed by atoms with Gasteiger partial charge in [0, 0.05) is 35.3 Å². The summed E-state index contributed by atoms with van der Waals surface area (Å²) in [5, 5.41) is 12.5. The lowest BCUT2D eigenvalue weighted by Gasteiger charge is -2.38. The van der Waals surface area contributed by atoms with E-state index >= 15 is 0 Å². The van der Waals surface area contributed by atoms with Gasteiger partial charge in [0.15, 0.2) is 5.75 Å². The van der Waals surface area contributed by atoms with Gasteiger partial charge < -0.3 is 20.1 Å². The van der Waals surface area contributed by atoms with Crippen molar-refractivity contribution in [1.29, 1.82) is 0 Å². The molecule has 2 N–H and O–H groups in total. The molecule has 282 valence electrons. The number of anilines is 1. The second kappa shape index (κ2) is 16.6. The number of rotatable bonds is 11. The standard InChI is InChI=1S/C39H39F6N3O4S/c1-24-20-48(25(2)23-49)37(51)31-10-7-11-33(46-35(50)18-27-14-15-28(38(40,41)42)19-32(27)39(43,44)45)36(31)52-34(24)22-47(3)21-26-12-16-30(17-13-26)53-29-8-5-4-6-9-29/h4-17,19,24-25,34,49H,18,20-23H2,1-3H3,(H,46,50)/t24-,25?,34-/m1/s1. The fourth-order valence-corrected chi connectivity index (χ4v) is 6.91. The molecule has 0 aliphatic carbocycles. The number of nitrogens with one attached hydrogen (secondary N) is 1. The number of carbonyl (C=O) groups is 2. The molecule has 1 unspecified atom stereocenters. The predicted octanol–water partition coefficient (Wildman–Crippen LogP) is 8.41. The van der Waals surface area contributed by atoms with E-state index in [1.807, 2.05) is 73.5 Å². The molecule has 0 radical (unpaired) electrons. The summed E-state index contributed by atoms with van der Waals surface area (Å²) in [5.41, 5.74) is -2.60. The number of halogens is 6. The van der Waals surface area contributed by atoms with Crippen molar-refractivity contribution < 1.29 is 45.8 Å². The number of carbonyl (C=O) groups excluding carboxylic acids is 2. The summed E-state index contributed by atoms with van der Waals surface area (Å²) in [5.74, 6) is -1.72. The summed E-state index contributed by atoms with van der Waals surface area (Å²) in [7, 11) is 1.91. The van der Waals surface area contributed by atoms with Gasteiger partial charge in [0.2, 0.25) is 5.91 Å². The third kappa shape index (κ3) is 10.1. The zero-order chi connectivity index (χ0) is 38.5. The number of benzene rings is 4. The molecule has 1 aliphatic heterocycles. The Kier molecular flexibility index (Phi) is 12.5. The molecule has 2 amide bonds. The number of alkyl halides is 6. The van der Waals surface area contributed by atoms with Gasteiger partial charge in [-0.1, -0.05) is 61.2 Å². The third-order valence-corrected chi connectivity index (χ3v) is 9.92. The van der Waals surface area contributed by atoms with Crippen molar-refractivity contribution in [3.63, 3.8) is 0 Å². The topological polar surface area (TPSA) is 82.1 Å². The minimum absolute atomic E-state index is 0.00306. The fraction of sp³-hybridized carbons (Fsp3) is 0.333. The monoisotopic (exact) mass is 759 g/mol. The van der Waals surface area contributed by atoms with Crippen molar-refractivity contribution in [1.82, 2.24) is 9.80 Å². The molecular weight excluding hydrogens is 721 g/mol. The molecular formula is C39H39F6N3O4S. The molecule has 14 heteroatoms. The van der Waals surface area contributed by atoms with Crippen molar-refractivity contribution in [3.8, 4) is 5.75 Å². The first-order valence-electron chi connectivity index (χ1n) is 16.8. The van der Waals surface area contributed by atoms with Crippen molar-refractivity contribution >= 4 is 29.3 Å². The van der Waals surface area contributed by atoms with Crippen molar-refractivity contribution in [2.24, 2.45) is 5.92 Å². The molecule has 0 fully saturated rings. The highest BCUT2D eigenvalue weighted by Gasteiger charge is 2.39. The first-order chi connectivity index (χ1) is 25.0. The van der Waals surface area contributed by atoms with Crippen LogP contribution in [0.3, 0.4) is 0 Å². The summed E-state index contributed by atoms with van der Waals surface area (Å²) in [4.78, 5) is 32.9. The molecule has 1 aliphatic rings. The number of nitrogens with zero attached hydrogens (tertiary/aromatic N) is 2. The molecule has 0 saturated heterocycles. The average Bonchev–Trinajstić information content (AvgIpc) is 3.10. The largest absolute Gasteiger partial charge is 0.486 e. The Morgan fingerprint density at radius 1 is 0.962 bits per heavy atom. The van der Waals surface area contributed by atoms with Crippen LogP contribution in [0.25, 0.3) is 0 Å². The lowest BCUT2D eigenvalue weighted by molar-refractivity contribution is -0.143. The number of hydrogen-bond donors (Lipinski definition) is 2. The molecule has 4 aromatic rings. The third-order valence-electron chi connectivity index (χ3n) is 8.91. The van der Waals surface area contributed by atoms with Crippen LogP contribution >= 0.6 is 11.8 Å². The number of para-hydroxylation sites is 1. The van der Waals surface area contributed by atoms with E-state index in [-0.39, 0.29) is 42.1 Å². The molecule has 0 aromatic heterocycles. The van der Waals surface area contributed by atoms with Gasteiger partial charge in [0.1, 0.15) is 6.10 Å². The average molecular weight is 760 g/mol. The molecule has 0 saturated carbocycles. The van der Waals surface area contributed by atoms with Gasteiger partial charge in [0.25, 0.3) is 5.91 Å². The van der Waals surface area contributed by atoms with Crippen molar-refractivity contribution in [3.05, 3.63) is 119 Å². The molecule has 0 spiro atoms. The van der Waals surface area contributed by atoms with Gasteiger partial charge in [-0.2, -0.15) is 26.3 Å². The van der Waals surface area contributed by atoms with Crippen LogP contribution in [0.4, 0.5) is 32.0 Å². The molecule has 0 bridgehead atoms. The lowest BCUT2D eigenvalue weighted by atomic mass is 9.98. The number of ether oxygens (including phenoxy) is 1. The minimum Gasteiger partial charge on any atom is -0.486 e. The normalized spacial score (nSPS) is 17.1. The Balaban J connectivity index is 1.38. The van der Waals surface area contributed by atoms with Crippen LogP contribution in [0.5, 0.6) is 5.75 Å². The van der Waals surface area contributed by atoms with E-state index < -0.39 is 59.4 Å². The Labute approximate surface area is 307 Å². The number of aliphatic hydroxyl groups is 1. The summed E-state index contributed by atoms with van der Waals surface area (Å²) >= 11 is 1.65. The zero-order valence-corrected chi connectivity index (χ0v) is 30.0. The van der Waals surface area contributed by atoms with E-state index in [4.69, 9.17) is 4.74 Å². The van der Waals surface area contributed by atoms with E-state index in [0.29, 0.717) is 25.2 Å². The van der Waals surface area contributed by atoms with E-state index in [2.05, 4.69) is 5.32 Å². The molecule has 5 rings (SSSR count). The van der Waals surface area contributed by atoms with Gasteiger partial charge in [-0.05, 0) is 73.6 Å². The quantitative estimate of drug-likeness (QED) is 0.150. The van der Waals surface area contributed by atoms with Gasteiger partial charge in [-0.15, -0.1) is 0 Å². The fourth-order valence-electron chi connectivity index (χ4n) is 6.07. The van der Waals surface area contributed by atoms with E-state index in [0.717, 1.165) is 15.4 Å². The number of hydrogen-bond acceptors (Lipinski definition) is 6. The van der Waals surface area contributed by atoms with E-state index in [9.17, 15) is 41.0 Å². The maximum absolute atomic E-state index is 13.8. The lowest BCUT2D eigenvalue weighted by Crippen LogP contribution is -2.49. The minimum atomic E-state index is -5.15. The number of amides is 2. The summed E-state index contributed by atoms with van der Waals surface area (Å²) < 4.78 is 87.6. The van der Waals surface area contributed by atoms with Crippen LogP contribution in [0, 0.1) is 5.92 Å². The maximum atomic E-state index is 13.8. The van der Waals surface area contributed by atoms with Crippen molar-refractivity contribution in [2.45, 2.75) is 61.1 Å². The summed E-state index contributed by atoms with van der Waals surface area (Å²) in [6.07, 6.45) is -11.6. The second-order valence-electron chi connectivity index (χ2n) is 13.2. The van der Waals surface area contributed by atoms with E-state index in [1.165, 1.54) is 23.1 Å². The first kappa shape index (κ1) is 39.7. The molecule has 4 aromatic carbocycles. The predicted molar refractivity (Wildman–Crippen MR) is 190 cm³/mol. The van der Waals surface area contributed by atoms with Crippen molar-refractivity contribution in [2.75, 3.05) is 32.1 Å². The molecule has 7 nitrogen and oxygen atoms in total. The van der Waals surface area contributed by atoms with Gasteiger partial charge >= 0.3 is 12.4 Å². The van der Waals surface area contributed by atoms with Crippen LogP contribution in [0.15, 0.2) is 101 Å². The Morgan fingerprint density at radius 2 is 1.64 bits per heavy atom. The SMILES string of the molecule is CC(CO)N1C[C@@H](C)[C@@H](CN(C)Cc2ccc(Sc3ccccc3)cc2)Oc2c(NC(=O)Cc3ccc(C(F)(F)F)cc3C(F)(F)F)cccc2C1=O. The molecule has 53 heavy (non-hydrogen) atoms. The van der Waals surface area contributed by atoms with Crippen LogP contribution in [0.2, 0.25) is 0 Å². The van der Waals surface area contributed by atoms with Gasteiger partial charge in [-0.3, -0.25) is 14.5 Å². The number of fused-ring (bicyclic) bond motifs is 1. The maximum Gasteiger partial charge on any atom is 0.416 e. The van der Waals surface area contributed by atoms with E-state index in [1.54, 1.807) is 18.7 Å². The second-order valence-corrected chi connectivity index (χ2v) is 14.3. The number of likely N-dealkylation sites (N-methyl/N-ethyl adjacent to an activating group) is 1. The van der Waals surface area contributed by atoms with Crippen LogP contribution in [-0.2, 0) is 30.1 Å². The summed E-state index contributed by atoms with van der Waals surface area (Å²) in [6, 6.07) is 23.1. The highest BCUT2D eigenvalue weighted by molar-refractivity contribution is 7.99. The van der Waals surface area contributed by atoms with Crippen LogP contribution < -0.4 is 10.1 Å². The van der Waals surface area contributed by atoms with Crippen LogP contribution in [-0.4, -0.2) is 65.6 Å². The summed E-state index contributed by atoms with van der Waals surface area (Å²) in [6.45, 7) is 4.45. The highest BCUT2D eigenvalue weighted by atomic mass is 32.2. The Bertz CT molecular complexity index is 1890. The molecule has 3 atom stereocenters. The zero-order valence-electron chi connectivity index (χ0n) is 29.2. The first-order valence-corrected chi connectivity index (χ1v) is 17.6. The Morgan fingerprint density at radius 3 is 2.28 bits per heavy atom. The molecule has 1 heterocycles. The van der Waals surface area contributed by atoms with Gasteiger partial charge in [-0.25, -0.2) is 0 Å².